The largest absolute Gasteiger partial charge is 0.508 e. The van der Waals surface area contributed by atoms with E-state index in [4.69, 9.17) is 0 Å². The second-order valence-corrected chi connectivity index (χ2v) is 4.05. The van der Waals surface area contributed by atoms with Crippen LogP contribution in [0.1, 0.15) is 11.1 Å². The van der Waals surface area contributed by atoms with Crippen molar-refractivity contribution < 1.29 is 10.2 Å². The maximum atomic E-state index is 9.57. The summed E-state index contributed by atoms with van der Waals surface area (Å²) in [6.45, 7) is 3.84. The number of hydrogen-bond donors (Lipinski definition) is 3. The van der Waals surface area contributed by atoms with Crippen molar-refractivity contribution in [3.63, 3.8) is 0 Å². The summed E-state index contributed by atoms with van der Waals surface area (Å²) in [6.07, 6.45) is 0. The second kappa shape index (κ2) is 4.37. The van der Waals surface area contributed by atoms with E-state index < -0.39 is 0 Å². The third-order valence-electron chi connectivity index (χ3n) is 2.90. The molecule has 3 N–H and O–H groups in total. The van der Waals surface area contributed by atoms with Gasteiger partial charge >= 0.3 is 0 Å². The molecular weight excluding hydrogens is 214 g/mol. The van der Waals surface area contributed by atoms with Crippen LogP contribution >= 0.6 is 0 Å². The van der Waals surface area contributed by atoms with E-state index in [2.05, 4.69) is 5.32 Å². The molecule has 0 saturated heterocycles. The fraction of sp³-hybridized carbons (Fsp3) is 0.143. The Labute approximate surface area is 100 Å². The van der Waals surface area contributed by atoms with Crippen LogP contribution in [-0.4, -0.2) is 10.2 Å². The third-order valence-corrected chi connectivity index (χ3v) is 2.90. The van der Waals surface area contributed by atoms with Crippen molar-refractivity contribution in [3.05, 3.63) is 47.5 Å². The van der Waals surface area contributed by atoms with Crippen molar-refractivity contribution in [2.24, 2.45) is 0 Å². The van der Waals surface area contributed by atoms with Crippen LogP contribution in [0.4, 0.5) is 11.4 Å². The van der Waals surface area contributed by atoms with Gasteiger partial charge in [0.05, 0.1) is 0 Å². The Bertz CT molecular complexity index is 533. The zero-order chi connectivity index (χ0) is 12.4. The van der Waals surface area contributed by atoms with Gasteiger partial charge in [-0.2, -0.15) is 0 Å². The minimum atomic E-state index is 0.245. The predicted octanol–water partition coefficient (Wildman–Crippen LogP) is 3.46. The first-order valence-electron chi connectivity index (χ1n) is 5.43. The highest BCUT2D eigenvalue weighted by molar-refractivity contribution is 5.66. The summed E-state index contributed by atoms with van der Waals surface area (Å²) in [5.41, 5.74) is 3.73. The van der Waals surface area contributed by atoms with Gasteiger partial charge in [0.25, 0.3) is 0 Å². The highest BCUT2D eigenvalue weighted by Crippen LogP contribution is 2.28. The van der Waals surface area contributed by atoms with Crippen LogP contribution in [0.3, 0.4) is 0 Å². The summed E-state index contributed by atoms with van der Waals surface area (Å²) in [5, 5.41) is 22.0. The molecule has 0 aliphatic heterocycles. The molecule has 0 saturated carbocycles. The molecule has 17 heavy (non-hydrogen) atoms. The number of nitrogens with one attached hydrogen (secondary N) is 1. The van der Waals surface area contributed by atoms with Gasteiger partial charge in [-0.3, -0.25) is 0 Å². The quantitative estimate of drug-likeness (QED) is 0.691. The Kier molecular flexibility index (Phi) is 2.91. The molecule has 3 heteroatoms. The first kappa shape index (κ1) is 11.3. The Balaban J connectivity index is 2.30. The van der Waals surface area contributed by atoms with Crippen LogP contribution in [0.2, 0.25) is 0 Å². The molecule has 0 aromatic heterocycles. The summed E-state index contributed by atoms with van der Waals surface area (Å²) in [7, 11) is 0. The number of anilines is 2. The molecule has 0 amide bonds. The zero-order valence-corrected chi connectivity index (χ0v) is 9.86. The van der Waals surface area contributed by atoms with E-state index in [1.807, 2.05) is 19.9 Å². The Morgan fingerprint density at radius 2 is 1.47 bits per heavy atom. The number of phenols is 2. The number of hydrogen-bond acceptors (Lipinski definition) is 3. The van der Waals surface area contributed by atoms with Crippen LogP contribution in [-0.2, 0) is 0 Å². The molecule has 0 spiro atoms. The number of benzene rings is 2. The maximum Gasteiger partial charge on any atom is 0.118 e. The molecule has 88 valence electrons. The van der Waals surface area contributed by atoms with E-state index in [9.17, 15) is 10.2 Å². The average molecular weight is 229 g/mol. The first-order valence-corrected chi connectivity index (χ1v) is 5.43. The molecule has 0 heterocycles. The first-order chi connectivity index (χ1) is 8.08. The van der Waals surface area contributed by atoms with Gasteiger partial charge in [-0.1, -0.05) is 0 Å². The lowest BCUT2D eigenvalue weighted by Gasteiger charge is -2.12. The fourth-order valence-electron chi connectivity index (χ4n) is 1.64. The van der Waals surface area contributed by atoms with Crippen LogP contribution in [0.25, 0.3) is 0 Å². The van der Waals surface area contributed by atoms with Gasteiger partial charge in [0.15, 0.2) is 0 Å². The van der Waals surface area contributed by atoms with Crippen molar-refractivity contribution in [2.75, 3.05) is 5.32 Å². The Morgan fingerprint density at radius 3 is 2.12 bits per heavy atom. The lowest BCUT2D eigenvalue weighted by molar-refractivity contribution is 0.470. The molecule has 0 aliphatic rings. The monoisotopic (exact) mass is 229 g/mol. The molecule has 3 nitrogen and oxygen atoms in total. The van der Waals surface area contributed by atoms with Crippen molar-refractivity contribution in [2.45, 2.75) is 13.8 Å². The smallest absolute Gasteiger partial charge is 0.118 e. The van der Waals surface area contributed by atoms with E-state index in [-0.39, 0.29) is 5.75 Å². The molecule has 0 fully saturated rings. The standard InChI is InChI=1S/C14H15NO2/c1-9-10(2)14(17)8-7-13(9)15-11-3-5-12(16)6-4-11/h3-8,15-17H,1-2H3. The summed E-state index contributed by atoms with van der Waals surface area (Å²) < 4.78 is 0. The van der Waals surface area contributed by atoms with Gasteiger partial charge in [0.1, 0.15) is 11.5 Å². The topological polar surface area (TPSA) is 52.5 Å². The zero-order valence-electron chi connectivity index (χ0n) is 9.86. The molecule has 0 radical (unpaired) electrons. The predicted molar refractivity (Wildman–Crippen MR) is 69.0 cm³/mol. The van der Waals surface area contributed by atoms with Crippen molar-refractivity contribution >= 4 is 11.4 Å². The summed E-state index contributed by atoms with van der Waals surface area (Å²) in [5.74, 6) is 0.549. The highest BCUT2D eigenvalue weighted by atomic mass is 16.3. The number of phenolic OH excluding ortho intramolecular Hbond substituents is 2. The SMILES string of the molecule is Cc1c(O)ccc(Nc2ccc(O)cc2)c1C. The van der Waals surface area contributed by atoms with Gasteiger partial charge in [0, 0.05) is 11.4 Å². The number of rotatable bonds is 2. The minimum Gasteiger partial charge on any atom is -0.508 e. The van der Waals surface area contributed by atoms with Gasteiger partial charge in [0.2, 0.25) is 0 Å². The molecule has 2 aromatic carbocycles. The van der Waals surface area contributed by atoms with Gasteiger partial charge < -0.3 is 15.5 Å². The van der Waals surface area contributed by atoms with Crippen LogP contribution in [0.15, 0.2) is 36.4 Å². The van der Waals surface area contributed by atoms with Gasteiger partial charge in [-0.15, -0.1) is 0 Å². The van der Waals surface area contributed by atoms with Crippen molar-refractivity contribution in [1.29, 1.82) is 0 Å². The van der Waals surface area contributed by atoms with E-state index in [0.717, 1.165) is 22.5 Å². The Hall–Kier alpha value is -2.16. The molecule has 0 atom stereocenters. The number of aromatic hydroxyl groups is 2. The van der Waals surface area contributed by atoms with E-state index in [0.29, 0.717) is 5.75 Å². The second-order valence-electron chi connectivity index (χ2n) is 4.05. The molecule has 0 unspecified atom stereocenters. The minimum absolute atomic E-state index is 0.245. The van der Waals surface area contributed by atoms with Crippen molar-refractivity contribution in [3.8, 4) is 11.5 Å². The van der Waals surface area contributed by atoms with Crippen LogP contribution in [0, 0.1) is 13.8 Å². The summed E-state index contributed by atoms with van der Waals surface area (Å²) in [6, 6.07) is 10.4. The lowest BCUT2D eigenvalue weighted by atomic mass is 10.1. The van der Waals surface area contributed by atoms with E-state index >= 15 is 0 Å². The van der Waals surface area contributed by atoms with Gasteiger partial charge in [-0.25, -0.2) is 0 Å². The third kappa shape index (κ3) is 2.33. The lowest BCUT2D eigenvalue weighted by Crippen LogP contribution is -1.94. The summed E-state index contributed by atoms with van der Waals surface area (Å²) >= 11 is 0. The summed E-state index contributed by atoms with van der Waals surface area (Å²) in [4.78, 5) is 0. The van der Waals surface area contributed by atoms with E-state index in [1.165, 1.54) is 0 Å². The normalized spacial score (nSPS) is 10.2. The molecule has 2 rings (SSSR count). The maximum absolute atomic E-state index is 9.57. The average Bonchev–Trinajstić information content (AvgIpc) is 2.33. The fourth-order valence-corrected chi connectivity index (χ4v) is 1.64. The molecule has 2 aromatic rings. The van der Waals surface area contributed by atoms with Crippen LogP contribution in [0.5, 0.6) is 11.5 Å². The van der Waals surface area contributed by atoms with E-state index in [1.54, 1.807) is 30.3 Å². The molecule has 0 aliphatic carbocycles. The Morgan fingerprint density at radius 1 is 0.824 bits per heavy atom. The van der Waals surface area contributed by atoms with Crippen LogP contribution < -0.4 is 5.32 Å². The molecular formula is C14H15NO2. The highest BCUT2D eigenvalue weighted by Gasteiger charge is 2.05. The van der Waals surface area contributed by atoms with Crippen molar-refractivity contribution in [1.82, 2.24) is 0 Å². The van der Waals surface area contributed by atoms with Gasteiger partial charge in [-0.05, 0) is 61.4 Å². The molecule has 0 bridgehead atoms.